The van der Waals surface area contributed by atoms with Crippen molar-refractivity contribution < 1.29 is 0 Å². The number of likely N-dealkylation sites (tertiary alicyclic amines) is 1. The molecule has 2 aromatic rings. The van der Waals surface area contributed by atoms with Gasteiger partial charge in [-0.05, 0) is 45.1 Å². The second-order valence-corrected chi connectivity index (χ2v) is 7.61. The lowest BCUT2D eigenvalue weighted by atomic mass is 10.0. The van der Waals surface area contributed by atoms with E-state index in [4.69, 9.17) is 16.6 Å². The lowest BCUT2D eigenvalue weighted by molar-refractivity contribution is 0.233. The Bertz CT molecular complexity index is 680. The summed E-state index contributed by atoms with van der Waals surface area (Å²) in [6, 6.07) is 0.383. The van der Waals surface area contributed by atoms with Gasteiger partial charge in [-0.2, -0.15) is 0 Å². The minimum atomic E-state index is 0.383. The number of imidazole rings is 1. The molecular weight excluding hydrogens is 318 g/mol. The summed E-state index contributed by atoms with van der Waals surface area (Å²) in [6.07, 6.45) is 7.25. The van der Waals surface area contributed by atoms with E-state index in [-0.39, 0.29) is 0 Å². The standard InChI is InChI=1S/C15H20ClN5S/c1-20-12-6-3-2-5-10(12)17-15(20)13-7-4-8-21(13)9-11-14(16)22-19-18-11/h13H,2-9H2,1H3. The number of nitrogens with zero attached hydrogens (tertiary/aromatic N) is 5. The molecule has 1 unspecified atom stereocenters. The SMILES string of the molecule is Cn1c(C2CCCN2Cc2nnsc2Cl)nc2c1CCCC2. The van der Waals surface area contributed by atoms with Crippen LogP contribution in [0, 0.1) is 0 Å². The Morgan fingerprint density at radius 3 is 2.91 bits per heavy atom. The predicted octanol–water partition coefficient (Wildman–Crippen LogP) is 3.14. The maximum Gasteiger partial charge on any atom is 0.138 e. The van der Waals surface area contributed by atoms with E-state index in [2.05, 4.69) is 26.1 Å². The lowest BCUT2D eigenvalue weighted by Gasteiger charge is -2.23. The van der Waals surface area contributed by atoms with Gasteiger partial charge in [0.2, 0.25) is 0 Å². The van der Waals surface area contributed by atoms with Crippen LogP contribution in [0.1, 0.15) is 54.6 Å². The van der Waals surface area contributed by atoms with Crippen molar-refractivity contribution in [3.63, 3.8) is 0 Å². The van der Waals surface area contributed by atoms with E-state index in [1.165, 1.54) is 60.8 Å². The topological polar surface area (TPSA) is 46.8 Å². The molecule has 2 aromatic heterocycles. The molecular formula is C15H20ClN5S. The molecule has 1 aliphatic heterocycles. The van der Waals surface area contributed by atoms with E-state index >= 15 is 0 Å². The molecule has 0 aromatic carbocycles. The normalized spacial score (nSPS) is 22.2. The molecule has 1 atom stereocenters. The third-order valence-electron chi connectivity index (χ3n) is 4.93. The highest BCUT2D eigenvalue weighted by molar-refractivity contribution is 7.10. The van der Waals surface area contributed by atoms with E-state index in [9.17, 15) is 0 Å². The first-order valence-corrected chi connectivity index (χ1v) is 9.14. The molecule has 0 N–H and O–H groups in total. The number of halogens is 1. The molecule has 1 saturated heterocycles. The van der Waals surface area contributed by atoms with E-state index in [0.717, 1.165) is 25.2 Å². The highest BCUT2D eigenvalue weighted by Gasteiger charge is 2.32. The Balaban J connectivity index is 1.61. The maximum absolute atomic E-state index is 6.17. The van der Waals surface area contributed by atoms with Crippen LogP contribution in [-0.4, -0.2) is 30.6 Å². The second kappa shape index (κ2) is 5.91. The summed E-state index contributed by atoms with van der Waals surface area (Å²) < 4.78 is 7.00. The fourth-order valence-electron chi connectivity index (χ4n) is 3.80. The largest absolute Gasteiger partial charge is 0.334 e. The second-order valence-electron chi connectivity index (χ2n) is 6.25. The molecule has 118 valence electrons. The summed E-state index contributed by atoms with van der Waals surface area (Å²) >= 11 is 7.44. The average molecular weight is 338 g/mol. The van der Waals surface area contributed by atoms with Gasteiger partial charge in [0, 0.05) is 30.8 Å². The molecule has 0 amide bonds. The van der Waals surface area contributed by atoms with Crippen LogP contribution in [0.5, 0.6) is 0 Å². The third-order valence-corrected chi connectivity index (χ3v) is 5.92. The highest BCUT2D eigenvalue weighted by atomic mass is 35.5. The fraction of sp³-hybridized carbons (Fsp3) is 0.667. The minimum Gasteiger partial charge on any atom is -0.334 e. The van der Waals surface area contributed by atoms with Crippen molar-refractivity contribution in [1.82, 2.24) is 24.0 Å². The smallest absolute Gasteiger partial charge is 0.138 e. The van der Waals surface area contributed by atoms with E-state index in [1.54, 1.807) is 0 Å². The molecule has 1 fully saturated rings. The molecule has 0 bridgehead atoms. The summed E-state index contributed by atoms with van der Waals surface area (Å²) in [5, 5.41) is 4.16. The van der Waals surface area contributed by atoms with Crippen LogP contribution < -0.4 is 0 Å². The van der Waals surface area contributed by atoms with Crippen molar-refractivity contribution in [2.24, 2.45) is 7.05 Å². The Labute approximate surface area is 139 Å². The molecule has 7 heteroatoms. The molecule has 1 aliphatic carbocycles. The zero-order valence-corrected chi connectivity index (χ0v) is 14.3. The van der Waals surface area contributed by atoms with Gasteiger partial charge in [-0.25, -0.2) is 4.98 Å². The van der Waals surface area contributed by atoms with Crippen molar-refractivity contribution in [1.29, 1.82) is 0 Å². The van der Waals surface area contributed by atoms with Gasteiger partial charge in [-0.1, -0.05) is 16.1 Å². The van der Waals surface area contributed by atoms with Gasteiger partial charge in [0.05, 0.1) is 11.7 Å². The van der Waals surface area contributed by atoms with Crippen molar-refractivity contribution in [2.45, 2.75) is 51.1 Å². The van der Waals surface area contributed by atoms with Crippen molar-refractivity contribution in [2.75, 3.05) is 6.54 Å². The van der Waals surface area contributed by atoms with E-state index in [0.29, 0.717) is 10.4 Å². The third kappa shape index (κ3) is 2.47. The molecule has 0 radical (unpaired) electrons. The van der Waals surface area contributed by atoms with Crippen molar-refractivity contribution in [3.8, 4) is 0 Å². The predicted molar refractivity (Wildman–Crippen MR) is 87.2 cm³/mol. The van der Waals surface area contributed by atoms with Crippen LogP contribution >= 0.6 is 23.1 Å². The highest BCUT2D eigenvalue weighted by Crippen LogP contribution is 2.35. The molecule has 22 heavy (non-hydrogen) atoms. The Morgan fingerprint density at radius 1 is 1.27 bits per heavy atom. The molecule has 5 nitrogen and oxygen atoms in total. The van der Waals surface area contributed by atoms with Crippen molar-refractivity contribution >= 4 is 23.1 Å². The fourth-order valence-corrected chi connectivity index (χ4v) is 4.41. The van der Waals surface area contributed by atoms with Gasteiger partial charge in [-0.15, -0.1) is 5.10 Å². The van der Waals surface area contributed by atoms with Gasteiger partial charge in [0.15, 0.2) is 0 Å². The van der Waals surface area contributed by atoms with Crippen LogP contribution in [0.4, 0.5) is 0 Å². The first kappa shape index (κ1) is 14.6. The summed E-state index contributed by atoms with van der Waals surface area (Å²) in [5.41, 5.74) is 3.67. The summed E-state index contributed by atoms with van der Waals surface area (Å²) in [5.74, 6) is 1.23. The Hall–Kier alpha value is -0.980. The van der Waals surface area contributed by atoms with Crippen LogP contribution in [-0.2, 0) is 26.4 Å². The molecule has 0 spiro atoms. The van der Waals surface area contributed by atoms with Crippen LogP contribution in [0.15, 0.2) is 0 Å². The van der Waals surface area contributed by atoms with Gasteiger partial charge in [0.25, 0.3) is 0 Å². The van der Waals surface area contributed by atoms with E-state index < -0.39 is 0 Å². The molecule has 3 heterocycles. The zero-order valence-electron chi connectivity index (χ0n) is 12.8. The molecule has 0 saturated carbocycles. The lowest BCUT2D eigenvalue weighted by Crippen LogP contribution is -2.25. The van der Waals surface area contributed by atoms with E-state index in [1.807, 2.05) is 0 Å². The Morgan fingerprint density at radius 2 is 2.14 bits per heavy atom. The van der Waals surface area contributed by atoms with Crippen LogP contribution in [0.3, 0.4) is 0 Å². The maximum atomic E-state index is 6.17. The quantitative estimate of drug-likeness (QED) is 0.863. The van der Waals surface area contributed by atoms with Crippen LogP contribution in [0.2, 0.25) is 4.34 Å². The number of fused-ring (bicyclic) bond motifs is 1. The molecule has 2 aliphatic rings. The van der Waals surface area contributed by atoms with Crippen LogP contribution in [0.25, 0.3) is 0 Å². The zero-order chi connectivity index (χ0) is 15.1. The van der Waals surface area contributed by atoms with Gasteiger partial charge >= 0.3 is 0 Å². The van der Waals surface area contributed by atoms with Crippen molar-refractivity contribution in [3.05, 3.63) is 27.2 Å². The first-order chi connectivity index (χ1) is 10.7. The number of hydrogen-bond donors (Lipinski definition) is 0. The number of rotatable bonds is 3. The number of aryl methyl sites for hydroxylation is 1. The first-order valence-electron chi connectivity index (χ1n) is 7.99. The van der Waals surface area contributed by atoms with Gasteiger partial charge in [-0.3, -0.25) is 4.90 Å². The summed E-state index contributed by atoms with van der Waals surface area (Å²) in [7, 11) is 2.18. The Kier molecular flexibility index (Phi) is 3.92. The number of hydrogen-bond acceptors (Lipinski definition) is 5. The number of aromatic nitrogens is 4. The molecule has 4 rings (SSSR count). The van der Waals surface area contributed by atoms with Gasteiger partial charge < -0.3 is 4.57 Å². The summed E-state index contributed by atoms with van der Waals surface area (Å²) in [6.45, 7) is 1.85. The van der Waals surface area contributed by atoms with Gasteiger partial charge in [0.1, 0.15) is 15.9 Å². The minimum absolute atomic E-state index is 0.383. The monoisotopic (exact) mass is 337 g/mol. The summed E-state index contributed by atoms with van der Waals surface area (Å²) in [4.78, 5) is 7.44. The average Bonchev–Trinajstić information content (AvgIpc) is 3.21.